The molecule has 0 aliphatic carbocycles. The third-order valence-corrected chi connectivity index (χ3v) is 4.00. The lowest BCUT2D eigenvalue weighted by molar-refractivity contribution is -0.185. The van der Waals surface area contributed by atoms with E-state index in [1.165, 1.54) is 25.7 Å². The van der Waals surface area contributed by atoms with Crippen LogP contribution in [0.5, 0.6) is 0 Å². The summed E-state index contributed by atoms with van der Waals surface area (Å²) in [5.41, 5.74) is 0. The molecule has 0 atom stereocenters. The lowest BCUT2D eigenvalue weighted by Crippen LogP contribution is -2.33. The molecule has 0 aromatic carbocycles. The van der Waals surface area contributed by atoms with Crippen molar-refractivity contribution in [3.63, 3.8) is 0 Å². The number of ether oxygens (including phenoxy) is 3. The van der Waals surface area contributed by atoms with Crippen LogP contribution in [0, 0.1) is 0 Å². The lowest BCUT2D eigenvalue weighted by atomic mass is 10.0. The first-order valence-electron chi connectivity index (χ1n) is 8.77. The van der Waals surface area contributed by atoms with Crippen LogP contribution in [-0.2, 0) is 19.0 Å². The molecule has 0 radical (unpaired) electrons. The molecule has 0 saturated carbocycles. The van der Waals surface area contributed by atoms with E-state index in [9.17, 15) is 4.79 Å². The fourth-order valence-corrected chi connectivity index (χ4v) is 2.83. The highest BCUT2D eigenvalue weighted by atomic mass is 16.7. The molecule has 5 heteroatoms. The minimum atomic E-state index is -0.743. The molecule has 1 N–H and O–H groups in total. The maximum Gasteiger partial charge on any atom is 0.311 e. The molecule has 5 nitrogen and oxygen atoms in total. The molecule has 130 valence electrons. The number of carbonyl (C=O) groups excluding carboxylic acids is 1. The summed E-state index contributed by atoms with van der Waals surface area (Å²) >= 11 is 0. The molecule has 22 heavy (non-hydrogen) atoms. The topological polar surface area (TPSA) is 65.0 Å². The number of rotatable bonds is 13. The van der Waals surface area contributed by atoms with Crippen molar-refractivity contribution in [2.45, 2.75) is 76.9 Å². The molecule has 0 aromatic heterocycles. The van der Waals surface area contributed by atoms with Crippen molar-refractivity contribution in [2.24, 2.45) is 0 Å². The van der Waals surface area contributed by atoms with Gasteiger partial charge >= 0.3 is 5.97 Å². The van der Waals surface area contributed by atoms with Gasteiger partial charge in [-0.1, -0.05) is 38.5 Å². The summed E-state index contributed by atoms with van der Waals surface area (Å²) in [5, 5.41) is 8.71. The van der Waals surface area contributed by atoms with Gasteiger partial charge in [-0.3, -0.25) is 4.79 Å². The lowest BCUT2D eigenvalue weighted by Gasteiger charge is -2.26. The van der Waals surface area contributed by atoms with Crippen LogP contribution in [-0.4, -0.2) is 43.3 Å². The molecule has 1 saturated heterocycles. The Labute approximate surface area is 134 Å². The number of hydrogen-bond acceptors (Lipinski definition) is 5. The Morgan fingerprint density at radius 1 is 1.00 bits per heavy atom. The zero-order valence-corrected chi connectivity index (χ0v) is 14.0. The SMILES string of the molecule is CCOC(=O)CC1(CCCCCCCCCCO)OCCO1. The summed E-state index contributed by atoms with van der Waals surface area (Å²) in [6, 6.07) is 0. The maximum atomic E-state index is 11.7. The van der Waals surface area contributed by atoms with Gasteiger partial charge in [-0.15, -0.1) is 0 Å². The summed E-state index contributed by atoms with van der Waals surface area (Å²) in [4.78, 5) is 11.7. The van der Waals surface area contributed by atoms with Crippen LogP contribution in [0.25, 0.3) is 0 Å². The Bertz CT molecular complexity index is 287. The first-order valence-corrected chi connectivity index (χ1v) is 8.77. The Balaban J connectivity index is 2.10. The zero-order valence-electron chi connectivity index (χ0n) is 14.0. The van der Waals surface area contributed by atoms with Crippen LogP contribution >= 0.6 is 0 Å². The fourth-order valence-electron chi connectivity index (χ4n) is 2.83. The van der Waals surface area contributed by atoms with Gasteiger partial charge in [-0.25, -0.2) is 0 Å². The largest absolute Gasteiger partial charge is 0.466 e. The van der Waals surface area contributed by atoms with Gasteiger partial charge in [0, 0.05) is 13.0 Å². The highest BCUT2D eigenvalue weighted by Crippen LogP contribution is 2.30. The smallest absolute Gasteiger partial charge is 0.311 e. The quantitative estimate of drug-likeness (QED) is 0.417. The molecular weight excluding hydrogens is 284 g/mol. The molecule has 0 unspecified atom stereocenters. The van der Waals surface area contributed by atoms with Gasteiger partial charge in [0.25, 0.3) is 0 Å². The average Bonchev–Trinajstić information content (AvgIpc) is 2.94. The summed E-state index contributed by atoms with van der Waals surface area (Å²) in [6.07, 6.45) is 10.0. The van der Waals surface area contributed by atoms with Crippen LogP contribution in [0.1, 0.15) is 71.1 Å². The number of aliphatic hydroxyl groups is 1. The van der Waals surface area contributed by atoms with Crippen molar-refractivity contribution < 1.29 is 24.1 Å². The minimum absolute atomic E-state index is 0.196. The second kappa shape index (κ2) is 11.9. The van der Waals surface area contributed by atoms with E-state index in [1.54, 1.807) is 0 Å². The maximum absolute atomic E-state index is 11.7. The minimum Gasteiger partial charge on any atom is -0.466 e. The highest BCUT2D eigenvalue weighted by molar-refractivity contribution is 5.70. The van der Waals surface area contributed by atoms with Crippen LogP contribution in [0.3, 0.4) is 0 Å². The van der Waals surface area contributed by atoms with Crippen molar-refractivity contribution in [2.75, 3.05) is 26.4 Å². The molecule has 1 fully saturated rings. The Hall–Kier alpha value is -0.650. The van der Waals surface area contributed by atoms with Gasteiger partial charge in [-0.2, -0.15) is 0 Å². The van der Waals surface area contributed by atoms with Crippen molar-refractivity contribution in [3.8, 4) is 0 Å². The second-order valence-corrected chi connectivity index (χ2v) is 5.89. The third-order valence-electron chi connectivity index (χ3n) is 4.00. The van der Waals surface area contributed by atoms with Gasteiger partial charge in [0.1, 0.15) is 0 Å². The summed E-state index contributed by atoms with van der Waals surface area (Å²) in [7, 11) is 0. The zero-order chi connectivity index (χ0) is 16.1. The first-order chi connectivity index (χ1) is 10.7. The molecule has 0 amide bonds. The molecule has 1 rings (SSSR count). The normalized spacial score (nSPS) is 16.8. The first kappa shape index (κ1) is 19.4. The van der Waals surface area contributed by atoms with Gasteiger partial charge in [-0.05, 0) is 19.8 Å². The number of esters is 1. The molecule has 0 aromatic rings. The van der Waals surface area contributed by atoms with E-state index in [0.29, 0.717) is 26.4 Å². The van der Waals surface area contributed by atoms with Gasteiger partial charge in [0.15, 0.2) is 5.79 Å². The number of aliphatic hydroxyl groups excluding tert-OH is 1. The average molecular weight is 316 g/mol. The highest BCUT2D eigenvalue weighted by Gasteiger charge is 2.38. The molecule has 1 heterocycles. The standard InChI is InChI=1S/C17H32O5/c1-2-20-16(19)15-17(21-13-14-22-17)11-9-7-5-3-4-6-8-10-12-18/h18H,2-15H2,1H3. The molecule has 0 spiro atoms. The van der Waals surface area contributed by atoms with E-state index >= 15 is 0 Å². The Morgan fingerprint density at radius 3 is 2.09 bits per heavy atom. The predicted octanol–water partition coefficient (Wildman–Crippen LogP) is 3.19. The summed E-state index contributed by atoms with van der Waals surface area (Å²) < 4.78 is 16.4. The van der Waals surface area contributed by atoms with Gasteiger partial charge < -0.3 is 19.3 Å². The molecule has 1 aliphatic heterocycles. The van der Waals surface area contributed by atoms with E-state index in [4.69, 9.17) is 19.3 Å². The number of unbranched alkanes of at least 4 members (excludes halogenated alkanes) is 7. The van der Waals surface area contributed by atoms with Crippen molar-refractivity contribution >= 4 is 5.97 Å². The van der Waals surface area contributed by atoms with Crippen LogP contribution in [0.2, 0.25) is 0 Å². The Kier molecular flexibility index (Phi) is 10.5. The molecule has 0 bridgehead atoms. The predicted molar refractivity (Wildman–Crippen MR) is 84.5 cm³/mol. The van der Waals surface area contributed by atoms with Crippen molar-refractivity contribution in [1.29, 1.82) is 0 Å². The van der Waals surface area contributed by atoms with Crippen LogP contribution in [0.15, 0.2) is 0 Å². The van der Waals surface area contributed by atoms with E-state index in [2.05, 4.69) is 0 Å². The second-order valence-electron chi connectivity index (χ2n) is 5.89. The third kappa shape index (κ3) is 8.11. The molecule has 1 aliphatic rings. The number of carbonyl (C=O) groups is 1. The summed E-state index contributed by atoms with van der Waals surface area (Å²) in [6.45, 7) is 3.63. The van der Waals surface area contributed by atoms with E-state index in [-0.39, 0.29) is 12.4 Å². The molecular formula is C17H32O5. The van der Waals surface area contributed by atoms with E-state index in [0.717, 1.165) is 32.1 Å². The van der Waals surface area contributed by atoms with E-state index in [1.807, 2.05) is 6.92 Å². The van der Waals surface area contributed by atoms with Crippen molar-refractivity contribution in [1.82, 2.24) is 0 Å². The fraction of sp³-hybridized carbons (Fsp3) is 0.941. The van der Waals surface area contributed by atoms with Crippen LogP contribution in [0.4, 0.5) is 0 Å². The number of hydrogen-bond donors (Lipinski definition) is 1. The Morgan fingerprint density at radius 2 is 1.55 bits per heavy atom. The monoisotopic (exact) mass is 316 g/mol. The van der Waals surface area contributed by atoms with Gasteiger partial charge in [0.05, 0.1) is 26.2 Å². The van der Waals surface area contributed by atoms with Gasteiger partial charge in [0.2, 0.25) is 0 Å². The summed E-state index contributed by atoms with van der Waals surface area (Å²) in [5.74, 6) is -0.985. The van der Waals surface area contributed by atoms with Crippen molar-refractivity contribution in [3.05, 3.63) is 0 Å². The van der Waals surface area contributed by atoms with Crippen LogP contribution < -0.4 is 0 Å². The van der Waals surface area contributed by atoms with E-state index < -0.39 is 5.79 Å².